The lowest BCUT2D eigenvalue weighted by Gasteiger charge is -2.41. The van der Waals surface area contributed by atoms with Crippen molar-refractivity contribution < 1.29 is 23.8 Å². The van der Waals surface area contributed by atoms with E-state index in [0.29, 0.717) is 6.07 Å². The van der Waals surface area contributed by atoms with Crippen molar-refractivity contribution in [2.24, 2.45) is 0 Å². The molecule has 17 heavy (non-hydrogen) atoms. The van der Waals surface area contributed by atoms with E-state index in [0.717, 1.165) is 6.07 Å². The van der Waals surface area contributed by atoms with E-state index in [2.05, 4.69) is 0 Å². The minimum atomic E-state index is -9.82. The van der Waals surface area contributed by atoms with Gasteiger partial charge >= 0.3 is 10.2 Å². The highest BCUT2D eigenvalue weighted by Crippen LogP contribution is 3.02. The van der Waals surface area contributed by atoms with Crippen LogP contribution in [0.4, 0.5) is 23.8 Å². The fourth-order valence-electron chi connectivity index (χ4n) is 1.22. The van der Waals surface area contributed by atoms with Crippen LogP contribution in [0.2, 0.25) is 0 Å². The molecule has 1 aromatic rings. The average Bonchev–Trinajstić information content (AvgIpc) is 1.96. The lowest BCUT2D eigenvalue weighted by molar-refractivity contribution is 0.362. The van der Waals surface area contributed by atoms with Crippen molar-refractivity contribution in [2.75, 3.05) is 0 Å². The van der Waals surface area contributed by atoms with Crippen LogP contribution in [0.15, 0.2) is 23.1 Å². The first-order valence-electron chi connectivity index (χ1n) is 4.65. The highest BCUT2D eigenvalue weighted by molar-refractivity contribution is 8.45. The molecular formula is C10H12F6S. The first-order chi connectivity index (χ1) is 7.09. The number of hydrogen-bond acceptors (Lipinski definition) is 0. The van der Waals surface area contributed by atoms with Crippen LogP contribution in [-0.2, 0) is 5.41 Å². The van der Waals surface area contributed by atoms with E-state index in [9.17, 15) is 23.8 Å². The van der Waals surface area contributed by atoms with Crippen molar-refractivity contribution >= 4 is 10.2 Å². The van der Waals surface area contributed by atoms with Gasteiger partial charge in [-0.05, 0) is 29.2 Å². The molecular weight excluding hydrogens is 266 g/mol. The topological polar surface area (TPSA) is 0 Å². The molecule has 0 aliphatic heterocycles. The highest BCUT2D eigenvalue weighted by Gasteiger charge is 2.65. The maximum absolute atomic E-state index is 13.0. The van der Waals surface area contributed by atoms with Gasteiger partial charge in [-0.1, -0.05) is 40.2 Å². The molecule has 100 valence electrons. The first-order valence-corrected chi connectivity index (χ1v) is 6.60. The average molecular weight is 278 g/mol. The summed E-state index contributed by atoms with van der Waals surface area (Å²) in [5.41, 5.74) is -0.972. The van der Waals surface area contributed by atoms with Crippen molar-refractivity contribution in [1.82, 2.24) is 0 Å². The summed E-state index contributed by atoms with van der Waals surface area (Å²) < 4.78 is 75.7. The predicted molar refractivity (Wildman–Crippen MR) is 56.5 cm³/mol. The zero-order chi connectivity index (χ0) is 13.8. The zero-order valence-corrected chi connectivity index (χ0v) is 10.2. The third kappa shape index (κ3) is 3.55. The summed E-state index contributed by atoms with van der Waals surface area (Å²) in [6.45, 7) is 4.53. The summed E-state index contributed by atoms with van der Waals surface area (Å²) in [6, 6.07) is 0.967. The molecule has 0 unspecified atom stereocenters. The standard InChI is InChI=1S/C10H12F6S/c1-10(2,3)7-4-8(11)6-9(5-7)17(12,13,14,15)16/h4-6H,1-3H3. The van der Waals surface area contributed by atoms with Crippen molar-refractivity contribution in [3.05, 3.63) is 29.6 Å². The van der Waals surface area contributed by atoms with Gasteiger partial charge in [0.1, 0.15) is 10.7 Å². The third-order valence-corrected chi connectivity index (χ3v) is 3.31. The van der Waals surface area contributed by atoms with Gasteiger partial charge in [0.05, 0.1) is 0 Å². The zero-order valence-electron chi connectivity index (χ0n) is 9.41. The monoisotopic (exact) mass is 278 g/mol. The summed E-state index contributed by atoms with van der Waals surface area (Å²) in [7, 11) is -9.82. The Balaban J connectivity index is 3.57. The van der Waals surface area contributed by atoms with E-state index in [-0.39, 0.29) is 11.6 Å². The molecule has 1 aromatic carbocycles. The maximum atomic E-state index is 13.0. The fraction of sp³-hybridized carbons (Fsp3) is 0.400. The van der Waals surface area contributed by atoms with E-state index in [4.69, 9.17) is 0 Å². The lowest BCUT2D eigenvalue weighted by atomic mass is 9.87. The van der Waals surface area contributed by atoms with Gasteiger partial charge in [-0.2, -0.15) is 0 Å². The maximum Gasteiger partial charge on any atom is 0.310 e. The fourth-order valence-corrected chi connectivity index (χ4v) is 1.90. The molecule has 0 atom stereocenters. The van der Waals surface area contributed by atoms with Gasteiger partial charge in [-0.3, -0.25) is 0 Å². The molecule has 0 nitrogen and oxygen atoms in total. The molecule has 0 N–H and O–H groups in total. The number of benzene rings is 1. The molecule has 0 amide bonds. The van der Waals surface area contributed by atoms with Crippen LogP contribution in [0, 0.1) is 5.82 Å². The SMILES string of the molecule is CC(C)(C)c1cc(F)cc(S(F)(F)(F)(F)F)c1. The Morgan fingerprint density at radius 3 is 1.71 bits per heavy atom. The first kappa shape index (κ1) is 14.2. The van der Waals surface area contributed by atoms with Gasteiger partial charge in [0.25, 0.3) is 0 Å². The second-order valence-electron chi connectivity index (χ2n) is 4.89. The Hall–Kier alpha value is -0.850. The Morgan fingerprint density at radius 2 is 1.35 bits per heavy atom. The summed E-state index contributed by atoms with van der Waals surface area (Å²) in [5.74, 6) is -1.32. The molecule has 0 fully saturated rings. The smallest absolute Gasteiger partial charge is 0.207 e. The minimum Gasteiger partial charge on any atom is -0.207 e. The summed E-state index contributed by atoms with van der Waals surface area (Å²) in [6.07, 6.45) is 0. The van der Waals surface area contributed by atoms with Crippen molar-refractivity contribution in [1.29, 1.82) is 0 Å². The molecule has 0 spiro atoms. The molecule has 0 heterocycles. The van der Waals surface area contributed by atoms with Crippen LogP contribution in [-0.4, -0.2) is 0 Å². The molecule has 1 rings (SSSR count). The van der Waals surface area contributed by atoms with E-state index in [1.807, 2.05) is 0 Å². The van der Waals surface area contributed by atoms with Crippen LogP contribution >= 0.6 is 10.2 Å². The van der Waals surface area contributed by atoms with Crippen LogP contribution < -0.4 is 0 Å². The molecule has 0 aliphatic rings. The van der Waals surface area contributed by atoms with Crippen molar-refractivity contribution in [2.45, 2.75) is 31.1 Å². The van der Waals surface area contributed by atoms with Crippen LogP contribution in [0.25, 0.3) is 0 Å². The van der Waals surface area contributed by atoms with E-state index >= 15 is 0 Å². The summed E-state index contributed by atoms with van der Waals surface area (Å²) in [4.78, 5) is -2.19. The van der Waals surface area contributed by atoms with Gasteiger partial charge < -0.3 is 0 Å². The van der Waals surface area contributed by atoms with E-state index in [1.54, 1.807) is 0 Å². The van der Waals surface area contributed by atoms with Gasteiger partial charge in [0.2, 0.25) is 0 Å². The molecule has 0 aliphatic carbocycles. The largest absolute Gasteiger partial charge is 0.310 e. The van der Waals surface area contributed by atoms with Crippen molar-refractivity contribution in [3.8, 4) is 0 Å². The molecule has 0 radical (unpaired) electrons. The van der Waals surface area contributed by atoms with Crippen molar-refractivity contribution in [3.63, 3.8) is 0 Å². The minimum absolute atomic E-state index is 0.124. The lowest BCUT2D eigenvalue weighted by Crippen LogP contribution is -2.14. The Kier molecular flexibility index (Phi) is 2.45. The predicted octanol–water partition coefficient (Wildman–Crippen LogP) is 5.78. The highest BCUT2D eigenvalue weighted by atomic mass is 32.5. The Morgan fingerprint density at radius 1 is 0.882 bits per heavy atom. The summed E-state index contributed by atoms with van der Waals surface area (Å²) in [5, 5.41) is 0. The van der Waals surface area contributed by atoms with Gasteiger partial charge in [0.15, 0.2) is 0 Å². The van der Waals surface area contributed by atoms with Crippen LogP contribution in [0.1, 0.15) is 26.3 Å². The molecule has 0 aromatic heterocycles. The van der Waals surface area contributed by atoms with Gasteiger partial charge in [-0.25, -0.2) is 4.39 Å². The molecule has 7 heteroatoms. The normalized spacial score (nSPS) is 17.5. The Labute approximate surface area is 95.4 Å². The van der Waals surface area contributed by atoms with E-state index in [1.165, 1.54) is 20.8 Å². The molecule has 0 bridgehead atoms. The van der Waals surface area contributed by atoms with Gasteiger partial charge in [-0.15, -0.1) is 0 Å². The van der Waals surface area contributed by atoms with Crippen LogP contribution in [0.3, 0.4) is 0 Å². The Bertz CT molecular complexity index is 453. The second kappa shape index (κ2) is 2.93. The van der Waals surface area contributed by atoms with E-state index < -0.39 is 26.4 Å². The third-order valence-electron chi connectivity index (χ3n) is 2.18. The molecule has 0 saturated heterocycles. The van der Waals surface area contributed by atoms with Crippen LogP contribution in [0.5, 0.6) is 0 Å². The second-order valence-corrected chi connectivity index (χ2v) is 7.30. The number of halogens is 6. The number of hydrogen-bond donors (Lipinski definition) is 0. The number of rotatable bonds is 1. The summed E-state index contributed by atoms with van der Waals surface area (Å²) >= 11 is 0. The molecule has 0 saturated carbocycles. The van der Waals surface area contributed by atoms with Gasteiger partial charge in [0, 0.05) is 0 Å². The quantitative estimate of drug-likeness (QED) is 0.571.